The molecule has 0 aliphatic carbocycles. The molecule has 0 heterocycles. The lowest BCUT2D eigenvalue weighted by Crippen LogP contribution is -2.34. The van der Waals surface area contributed by atoms with Crippen molar-refractivity contribution in [3.63, 3.8) is 0 Å². The van der Waals surface area contributed by atoms with Gasteiger partial charge in [-0.2, -0.15) is 13.2 Å². The second-order valence-corrected chi connectivity index (χ2v) is 6.21. The Balaban J connectivity index is 4.13. The van der Waals surface area contributed by atoms with Crippen LogP contribution in [-0.4, -0.2) is 18.9 Å². The molecule has 0 saturated heterocycles. The molecule has 20 heavy (non-hydrogen) atoms. The highest BCUT2D eigenvalue weighted by molar-refractivity contribution is 4.80. The van der Waals surface area contributed by atoms with E-state index in [1.54, 1.807) is 7.11 Å². The molecule has 1 atom stereocenters. The lowest BCUT2D eigenvalue weighted by atomic mass is 9.82. The Hall–Kier alpha value is -0.250. The summed E-state index contributed by atoms with van der Waals surface area (Å²) in [4.78, 5) is 0. The average Bonchev–Trinajstić information content (AvgIpc) is 2.35. The minimum Gasteiger partial charge on any atom is -0.379 e. The zero-order valence-electron chi connectivity index (χ0n) is 13.5. The number of halogens is 3. The van der Waals surface area contributed by atoms with Gasteiger partial charge < -0.3 is 4.74 Å². The van der Waals surface area contributed by atoms with E-state index in [-0.39, 0.29) is 12.3 Å². The Morgan fingerprint density at radius 2 is 1.45 bits per heavy atom. The smallest absolute Gasteiger partial charge is 0.379 e. The molecule has 0 aliphatic heterocycles. The quantitative estimate of drug-likeness (QED) is 0.417. The molecule has 0 aromatic heterocycles. The average molecular weight is 296 g/mol. The lowest BCUT2D eigenvalue weighted by Gasteiger charge is -2.33. The van der Waals surface area contributed by atoms with Crippen LogP contribution < -0.4 is 0 Å². The summed E-state index contributed by atoms with van der Waals surface area (Å²) < 4.78 is 42.6. The largest absolute Gasteiger partial charge is 0.389 e. The summed E-state index contributed by atoms with van der Waals surface area (Å²) >= 11 is 0. The Bertz CT molecular complexity index is 236. The maximum atomic E-state index is 12.4. The summed E-state index contributed by atoms with van der Waals surface area (Å²) in [5.74, 6) is -0.0275. The van der Waals surface area contributed by atoms with Crippen molar-refractivity contribution in [1.82, 2.24) is 0 Å². The number of alkyl halides is 3. The SMILES string of the molecule is CCCCCCCCC(CCC(F)(F)F)C(C)(C)OC. The van der Waals surface area contributed by atoms with Gasteiger partial charge in [0.05, 0.1) is 5.60 Å². The van der Waals surface area contributed by atoms with E-state index in [4.69, 9.17) is 4.74 Å². The van der Waals surface area contributed by atoms with Crippen LogP contribution in [0.25, 0.3) is 0 Å². The lowest BCUT2D eigenvalue weighted by molar-refractivity contribution is -0.143. The molecule has 122 valence electrons. The Kier molecular flexibility index (Phi) is 9.52. The van der Waals surface area contributed by atoms with Gasteiger partial charge in [-0.1, -0.05) is 45.4 Å². The van der Waals surface area contributed by atoms with Crippen LogP contribution in [0.5, 0.6) is 0 Å². The third-order valence-corrected chi connectivity index (χ3v) is 4.19. The fourth-order valence-corrected chi connectivity index (χ4v) is 2.52. The summed E-state index contributed by atoms with van der Waals surface area (Å²) in [5.41, 5.74) is -0.478. The molecule has 0 bridgehead atoms. The minimum absolute atomic E-state index is 0.0275. The molecule has 0 fully saturated rings. The summed E-state index contributed by atoms with van der Waals surface area (Å²) in [7, 11) is 1.59. The molecule has 1 nitrogen and oxygen atoms in total. The van der Waals surface area contributed by atoms with Gasteiger partial charge >= 0.3 is 6.18 Å². The van der Waals surface area contributed by atoms with Gasteiger partial charge in [0, 0.05) is 13.5 Å². The highest BCUT2D eigenvalue weighted by atomic mass is 19.4. The van der Waals surface area contributed by atoms with Crippen molar-refractivity contribution in [2.24, 2.45) is 5.92 Å². The van der Waals surface area contributed by atoms with Crippen LogP contribution in [0.15, 0.2) is 0 Å². The Morgan fingerprint density at radius 1 is 0.900 bits per heavy atom. The standard InChI is InChI=1S/C16H31F3O/c1-5-6-7-8-9-10-11-14(15(2,3)20-4)12-13-16(17,18)19/h14H,5-13H2,1-4H3. The third-order valence-electron chi connectivity index (χ3n) is 4.19. The van der Waals surface area contributed by atoms with Crippen molar-refractivity contribution in [2.45, 2.75) is 90.3 Å². The van der Waals surface area contributed by atoms with E-state index in [2.05, 4.69) is 6.92 Å². The summed E-state index contributed by atoms with van der Waals surface area (Å²) in [5, 5.41) is 0. The van der Waals surface area contributed by atoms with Gasteiger partial charge in [-0.05, 0) is 32.6 Å². The molecule has 0 aromatic rings. The van der Waals surface area contributed by atoms with E-state index in [0.29, 0.717) is 0 Å². The molecule has 0 radical (unpaired) electrons. The third kappa shape index (κ3) is 9.62. The fourth-order valence-electron chi connectivity index (χ4n) is 2.52. The molecule has 4 heteroatoms. The van der Waals surface area contributed by atoms with Gasteiger partial charge in [-0.25, -0.2) is 0 Å². The maximum Gasteiger partial charge on any atom is 0.389 e. The first-order chi connectivity index (χ1) is 9.23. The topological polar surface area (TPSA) is 9.23 Å². The first-order valence-electron chi connectivity index (χ1n) is 7.85. The van der Waals surface area contributed by atoms with Crippen molar-refractivity contribution < 1.29 is 17.9 Å². The number of rotatable bonds is 11. The Morgan fingerprint density at radius 3 is 1.95 bits per heavy atom. The summed E-state index contributed by atoms with van der Waals surface area (Å²) in [6.45, 7) is 5.96. The van der Waals surface area contributed by atoms with Gasteiger partial charge in [-0.3, -0.25) is 0 Å². The van der Waals surface area contributed by atoms with Gasteiger partial charge in [-0.15, -0.1) is 0 Å². The first-order valence-corrected chi connectivity index (χ1v) is 7.85. The summed E-state index contributed by atoms with van der Waals surface area (Å²) in [6, 6.07) is 0. The van der Waals surface area contributed by atoms with Crippen LogP contribution in [0, 0.1) is 5.92 Å². The van der Waals surface area contributed by atoms with Crippen LogP contribution in [-0.2, 0) is 4.74 Å². The molecule has 0 N–H and O–H groups in total. The first kappa shape index (κ1) is 19.8. The zero-order valence-corrected chi connectivity index (χ0v) is 13.5. The molecule has 1 unspecified atom stereocenters. The van der Waals surface area contributed by atoms with Crippen molar-refractivity contribution in [1.29, 1.82) is 0 Å². The minimum atomic E-state index is -4.07. The van der Waals surface area contributed by atoms with Gasteiger partial charge in [0.25, 0.3) is 0 Å². The van der Waals surface area contributed by atoms with Crippen LogP contribution >= 0.6 is 0 Å². The van der Waals surface area contributed by atoms with E-state index in [1.165, 1.54) is 25.7 Å². The maximum absolute atomic E-state index is 12.4. The number of ether oxygens (including phenoxy) is 1. The van der Waals surface area contributed by atoms with E-state index in [0.717, 1.165) is 19.3 Å². The summed E-state index contributed by atoms with van der Waals surface area (Å²) in [6.07, 6.45) is 3.21. The normalized spacial score (nSPS) is 14.6. The molecular formula is C16H31F3O. The predicted octanol–water partition coefficient (Wildman–Crippen LogP) is 6.12. The monoisotopic (exact) mass is 296 g/mol. The van der Waals surface area contributed by atoms with E-state index in [1.807, 2.05) is 13.8 Å². The second kappa shape index (κ2) is 9.64. The number of methoxy groups -OCH3 is 1. The van der Waals surface area contributed by atoms with Gasteiger partial charge in [0.15, 0.2) is 0 Å². The van der Waals surface area contributed by atoms with E-state index in [9.17, 15) is 13.2 Å². The highest BCUT2D eigenvalue weighted by Crippen LogP contribution is 2.34. The van der Waals surface area contributed by atoms with Gasteiger partial charge in [0.1, 0.15) is 0 Å². The van der Waals surface area contributed by atoms with Crippen molar-refractivity contribution >= 4 is 0 Å². The molecule has 0 aromatic carbocycles. The molecule has 0 rings (SSSR count). The fraction of sp³-hybridized carbons (Fsp3) is 1.00. The number of hydrogen-bond acceptors (Lipinski definition) is 1. The van der Waals surface area contributed by atoms with Crippen LogP contribution in [0.3, 0.4) is 0 Å². The van der Waals surface area contributed by atoms with Crippen molar-refractivity contribution in [3.05, 3.63) is 0 Å². The van der Waals surface area contributed by atoms with Crippen molar-refractivity contribution in [2.75, 3.05) is 7.11 Å². The van der Waals surface area contributed by atoms with Gasteiger partial charge in [0.2, 0.25) is 0 Å². The van der Waals surface area contributed by atoms with Crippen molar-refractivity contribution in [3.8, 4) is 0 Å². The van der Waals surface area contributed by atoms with E-state index >= 15 is 0 Å². The van der Waals surface area contributed by atoms with Crippen LogP contribution in [0.4, 0.5) is 13.2 Å². The molecule has 0 spiro atoms. The molecule has 0 amide bonds. The number of unbranched alkanes of at least 4 members (excludes halogenated alkanes) is 5. The number of hydrogen-bond donors (Lipinski definition) is 0. The molecule has 0 saturated carbocycles. The molecular weight excluding hydrogens is 265 g/mol. The Labute approximate surface area is 122 Å². The van der Waals surface area contributed by atoms with E-state index < -0.39 is 18.2 Å². The highest BCUT2D eigenvalue weighted by Gasteiger charge is 2.34. The van der Waals surface area contributed by atoms with Crippen LogP contribution in [0.1, 0.15) is 78.6 Å². The van der Waals surface area contributed by atoms with Crippen LogP contribution in [0.2, 0.25) is 0 Å². The predicted molar refractivity (Wildman–Crippen MR) is 77.9 cm³/mol. The molecule has 0 aliphatic rings. The zero-order chi connectivity index (χ0) is 15.6. The second-order valence-electron chi connectivity index (χ2n) is 6.21.